The first-order valence-corrected chi connectivity index (χ1v) is 8.03. The summed E-state index contributed by atoms with van der Waals surface area (Å²) in [5, 5.41) is 2.14. The predicted molar refractivity (Wildman–Crippen MR) is 77.6 cm³/mol. The van der Waals surface area contributed by atoms with Crippen LogP contribution in [0.25, 0.3) is 0 Å². The lowest BCUT2D eigenvalue weighted by atomic mass is 9.91. The molecule has 0 aromatic carbocycles. The maximum absolute atomic E-state index is 6.03. The van der Waals surface area contributed by atoms with Crippen LogP contribution in [0.3, 0.4) is 0 Å². The lowest BCUT2D eigenvalue weighted by molar-refractivity contribution is 0.159. The van der Waals surface area contributed by atoms with Gasteiger partial charge in [-0.1, -0.05) is 25.7 Å². The van der Waals surface area contributed by atoms with Gasteiger partial charge in [-0.3, -0.25) is 4.90 Å². The second kappa shape index (κ2) is 7.22. The maximum atomic E-state index is 6.03. The van der Waals surface area contributed by atoms with E-state index in [0.717, 1.165) is 19.0 Å². The zero-order valence-electron chi connectivity index (χ0n) is 11.3. The highest BCUT2D eigenvalue weighted by atomic mass is 32.1. The molecule has 0 spiro atoms. The third kappa shape index (κ3) is 3.77. The van der Waals surface area contributed by atoms with Gasteiger partial charge in [0.2, 0.25) is 0 Å². The second-order valence-electron chi connectivity index (χ2n) is 5.45. The molecule has 0 aliphatic heterocycles. The molecule has 1 fully saturated rings. The van der Waals surface area contributed by atoms with E-state index in [1.54, 1.807) is 11.3 Å². The van der Waals surface area contributed by atoms with E-state index >= 15 is 0 Å². The molecule has 0 bridgehead atoms. The van der Waals surface area contributed by atoms with Crippen LogP contribution in [-0.2, 0) is 6.54 Å². The Hall–Kier alpha value is -0.450. The molecule has 1 aromatic rings. The van der Waals surface area contributed by atoms with Gasteiger partial charge in [0, 0.05) is 24.5 Å². The average Bonchev–Trinajstić information content (AvgIpc) is 2.72. The maximum Gasteiger partial charge on any atom is 0.0795 e. The molecule has 1 atom stereocenters. The minimum Gasteiger partial charge on any atom is -0.329 e. The normalized spacial score (nSPS) is 19.9. The molecule has 0 saturated heterocycles. The Bertz CT molecular complexity index is 318. The summed E-state index contributed by atoms with van der Waals surface area (Å²) in [5.74, 6) is 0.779. The van der Waals surface area contributed by atoms with Gasteiger partial charge in [0.15, 0.2) is 0 Å². The van der Waals surface area contributed by atoms with Crippen molar-refractivity contribution in [3.8, 4) is 0 Å². The van der Waals surface area contributed by atoms with Gasteiger partial charge >= 0.3 is 0 Å². The summed E-state index contributed by atoms with van der Waals surface area (Å²) >= 11 is 1.67. The first-order chi connectivity index (χ1) is 8.81. The first-order valence-electron chi connectivity index (χ1n) is 7.08. The summed E-state index contributed by atoms with van der Waals surface area (Å²) < 4.78 is 0. The molecular weight excluding hydrogens is 242 g/mol. The summed E-state index contributed by atoms with van der Waals surface area (Å²) in [5.41, 5.74) is 9.11. The Morgan fingerprint density at radius 1 is 1.39 bits per heavy atom. The molecule has 2 rings (SSSR count). The lowest BCUT2D eigenvalue weighted by Gasteiger charge is -2.33. The number of aromatic nitrogens is 1. The molecule has 0 radical (unpaired) electrons. The zero-order valence-corrected chi connectivity index (χ0v) is 12.2. The molecule has 2 N–H and O–H groups in total. The Morgan fingerprint density at radius 3 is 2.67 bits per heavy atom. The molecule has 1 unspecified atom stereocenters. The van der Waals surface area contributed by atoms with Gasteiger partial charge in [-0.25, -0.2) is 4.98 Å². The molecule has 102 valence electrons. The molecule has 1 aliphatic rings. The van der Waals surface area contributed by atoms with E-state index in [1.807, 2.05) is 5.51 Å². The van der Waals surface area contributed by atoms with Crippen LogP contribution in [0.1, 0.15) is 44.2 Å². The highest BCUT2D eigenvalue weighted by Gasteiger charge is 2.25. The Kier molecular flexibility index (Phi) is 5.60. The molecule has 1 saturated carbocycles. The first kappa shape index (κ1) is 14.0. The Labute approximate surface area is 114 Å². The fraction of sp³-hybridized carbons (Fsp3) is 0.786. The Balaban J connectivity index is 1.93. The van der Waals surface area contributed by atoms with Crippen LogP contribution in [0, 0.1) is 5.92 Å². The van der Waals surface area contributed by atoms with Crippen LogP contribution >= 0.6 is 11.3 Å². The minimum absolute atomic E-state index is 0.518. The lowest BCUT2D eigenvalue weighted by Crippen LogP contribution is -2.43. The van der Waals surface area contributed by atoms with Gasteiger partial charge in [-0.05, 0) is 25.8 Å². The molecule has 4 heteroatoms. The fourth-order valence-electron chi connectivity index (χ4n) is 3.12. The van der Waals surface area contributed by atoms with Gasteiger partial charge in [-0.2, -0.15) is 0 Å². The monoisotopic (exact) mass is 267 g/mol. The van der Waals surface area contributed by atoms with Crippen molar-refractivity contribution < 1.29 is 0 Å². The number of hydrogen-bond donors (Lipinski definition) is 1. The predicted octanol–water partition coefficient (Wildman–Crippen LogP) is 2.87. The summed E-state index contributed by atoms with van der Waals surface area (Å²) in [7, 11) is 2.20. The highest BCUT2D eigenvalue weighted by Crippen LogP contribution is 2.27. The van der Waals surface area contributed by atoms with Gasteiger partial charge < -0.3 is 5.73 Å². The van der Waals surface area contributed by atoms with E-state index in [4.69, 9.17) is 5.73 Å². The number of nitrogens with two attached hydrogens (primary N) is 1. The van der Waals surface area contributed by atoms with E-state index in [-0.39, 0.29) is 0 Å². The molecule has 1 aromatic heterocycles. The van der Waals surface area contributed by atoms with Gasteiger partial charge in [-0.15, -0.1) is 11.3 Å². The molecule has 1 aliphatic carbocycles. The van der Waals surface area contributed by atoms with E-state index in [9.17, 15) is 0 Å². The molecule has 0 amide bonds. The molecule has 1 heterocycles. The second-order valence-corrected chi connectivity index (χ2v) is 6.17. The van der Waals surface area contributed by atoms with E-state index in [2.05, 4.69) is 22.3 Å². The van der Waals surface area contributed by atoms with E-state index in [1.165, 1.54) is 44.2 Å². The van der Waals surface area contributed by atoms with Crippen LogP contribution in [0.4, 0.5) is 0 Å². The summed E-state index contributed by atoms with van der Waals surface area (Å²) in [6.07, 6.45) is 8.27. The summed E-state index contributed by atoms with van der Waals surface area (Å²) in [6, 6.07) is 0.518. The largest absolute Gasteiger partial charge is 0.329 e. The van der Waals surface area contributed by atoms with Crippen LogP contribution < -0.4 is 5.73 Å². The smallest absolute Gasteiger partial charge is 0.0795 e. The van der Waals surface area contributed by atoms with Crippen molar-refractivity contribution in [3.63, 3.8) is 0 Å². The van der Waals surface area contributed by atoms with Crippen molar-refractivity contribution >= 4 is 11.3 Å². The SMILES string of the molecule is CN(Cc1cscn1)C(CN)C1CCCCCC1. The van der Waals surface area contributed by atoms with Crippen molar-refractivity contribution in [2.24, 2.45) is 11.7 Å². The molecule has 18 heavy (non-hydrogen) atoms. The highest BCUT2D eigenvalue weighted by molar-refractivity contribution is 7.07. The third-order valence-corrected chi connectivity index (χ3v) is 4.78. The van der Waals surface area contributed by atoms with Gasteiger partial charge in [0.25, 0.3) is 0 Å². The average molecular weight is 267 g/mol. The number of rotatable bonds is 5. The van der Waals surface area contributed by atoms with Crippen LogP contribution in [-0.4, -0.2) is 29.5 Å². The van der Waals surface area contributed by atoms with Crippen LogP contribution in [0.2, 0.25) is 0 Å². The van der Waals surface area contributed by atoms with Crippen LogP contribution in [0.5, 0.6) is 0 Å². The zero-order chi connectivity index (χ0) is 12.8. The van der Waals surface area contributed by atoms with Gasteiger partial charge in [0.1, 0.15) is 0 Å². The van der Waals surface area contributed by atoms with Crippen molar-refractivity contribution in [1.29, 1.82) is 0 Å². The number of nitrogens with zero attached hydrogens (tertiary/aromatic N) is 2. The van der Waals surface area contributed by atoms with Crippen molar-refractivity contribution in [3.05, 3.63) is 16.6 Å². The minimum atomic E-state index is 0.518. The number of thiazole rings is 1. The standard InChI is InChI=1S/C14H25N3S/c1-17(9-13-10-18-11-16-13)14(8-15)12-6-4-2-3-5-7-12/h10-12,14H,2-9,15H2,1H3. The van der Waals surface area contributed by atoms with Gasteiger partial charge in [0.05, 0.1) is 11.2 Å². The summed E-state index contributed by atoms with van der Waals surface area (Å²) in [4.78, 5) is 6.78. The van der Waals surface area contributed by atoms with Crippen molar-refractivity contribution in [1.82, 2.24) is 9.88 Å². The van der Waals surface area contributed by atoms with Crippen LogP contribution in [0.15, 0.2) is 10.9 Å². The van der Waals surface area contributed by atoms with Crippen molar-refractivity contribution in [2.45, 2.75) is 51.1 Å². The molecule has 3 nitrogen and oxygen atoms in total. The van der Waals surface area contributed by atoms with E-state index in [0.29, 0.717) is 6.04 Å². The topological polar surface area (TPSA) is 42.2 Å². The van der Waals surface area contributed by atoms with E-state index < -0.39 is 0 Å². The third-order valence-electron chi connectivity index (χ3n) is 4.15. The Morgan fingerprint density at radius 2 is 2.11 bits per heavy atom. The number of likely N-dealkylation sites (N-methyl/N-ethyl adjacent to an activating group) is 1. The number of hydrogen-bond acceptors (Lipinski definition) is 4. The quantitative estimate of drug-likeness (QED) is 0.834. The fourth-order valence-corrected chi connectivity index (χ4v) is 3.67. The van der Waals surface area contributed by atoms with Crippen molar-refractivity contribution in [2.75, 3.05) is 13.6 Å². The molecular formula is C14H25N3S. The summed E-state index contributed by atoms with van der Waals surface area (Å²) in [6.45, 7) is 1.70.